The number of hydrogen-bond acceptors (Lipinski definition) is 7. The molecule has 0 bridgehead atoms. The molecule has 2 aromatic heterocycles. The van der Waals surface area contributed by atoms with E-state index >= 15 is 0 Å². The highest BCUT2D eigenvalue weighted by molar-refractivity contribution is 7.89. The number of hydrogen-bond donors (Lipinski definition) is 1. The zero-order valence-corrected chi connectivity index (χ0v) is 22.2. The van der Waals surface area contributed by atoms with Crippen LogP contribution in [0.4, 0.5) is 0 Å². The highest BCUT2D eigenvalue weighted by Crippen LogP contribution is 2.30. The molecule has 0 aliphatic carbocycles. The second kappa shape index (κ2) is 11.0. The summed E-state index contributed by atoms with van der Waals surface area (Å²) in [4.78, 5) is 23.9. The van der Waals surface area contributed by atoms with Crippen molar-refractivity contribution in [1.29, 1.82) is 0 Å². The minimum absolute atomic E-state index is 0.0557. The van der Waals surface area contributed by atoms with E-state index in [-0.39, 0.29) is 47.9 Å². The van der Waals surface area contributed by atoms with Gasteiger partial charge in [0.1, 0.15) is 11.7 Å². The van der Waals surface area contributed by atoms with E-state index in [9.17, 15) is 18.3 Å². The highest BCUT2D eigenvalue weighted by Gasteiger charge is 2.36. The van der Waals surface area contributed by atoms with Crippen molar-refractivity contribution in [2.75, 3.05) is 26.7 Å². The number of carbonyl (C=O) groups excluding carboxylic acids is 1. The van der Waals surface area contributed by atoms with Crippen molar-refractivity contribution in [3.63, 3.8) is 0 Å². The van der Waals surface area contributed by atoms with Crippen molar-refractivity contribution in [3.8, 4) is 17.0 Å². The number of rotatable bonds is 7. The standard InChI is InChI=1S/C27H32N4O5S/c1-18-5-7-23(8-6-18)37(34,35)30(4)16-25-19(2)15-31(20(3)17-32)27(33)24-13-22(14-29-26(24)36-25)21-9-11-28-12-10-21/h5-14,19-20,25,32H,15-17H2,1-4H3/t19-,20-,25-/m1/s1. The first-order valence-corrected chi connectivity index (χ1v) is 13.6. The summed E-state index contributed by atoms with van der Waals surface area (Å²) in [6, 6.07) is 11.6. The van der Waals surface area contributed by atoms with Gasteiger partial charge in [-0.15, -0.1) is 0 Å². The Balaban J connectivity index is 1.70. The second-order valence-electron chi connectivity index (χ2n) is 9.53. The summed E-state index contributed by atoms with van der Waals surface area (Å²) in [6.07, 6.45) is 4.35. The van der Waals surface area contributed by atoms with E-state index in [4.69, 9.17) is 4.74 Å². The van der Waals surface area contributed by atoms with Gasteiger partial charge in [-0.1, -0.05) is 24.6 Å². The minimum atomic E-state index is -3.76. The number of aryl methyl sites for hydroxylation is 1. The van der Waals surface area contributed by atoms with Gasteiger partial charge in [0.25, 0.3) is 5.91 Å². The van der Waals surface area contributed by atoms with Crippen LogP contribution in [-0.4, -0.2) is 77.5 Å². The Labute approximate surface area is 217 Å². The molecule has 4 rings (SSSR count). The summed E-state index contributed by atoms with van der Waals surface area (Å²) in [6.45, 7) is 5.70. The number of benzene rings is 1. The summed E-state index contributed by atoms with van der Waals surface area (Å²) in [5, 5.41) is 9.86. The average Bonchev–Trinajstić information content (AvgIpc) is 2.90. The van der Waals surface area contributed by atoms with Crippen LogP contribution in [-0.2, 0) is 10.0 Å². The van der Waals surface area contributed by atoms with Crippen LogP contribution >= 0.6 is 0 Å². The summed E-state index contributed by atoms with van der Waals surface area (Å²) < 4.78 is 34.0. The van der Waals surface area contributed by atoms with E-state index in [1.165, 1.54) is 11.4 Å². The highest BCUT2D eigenvalue weighted by atomic mass is 32.2. The van der Waals surface area contributed by atoms with E-state index < -0.39 is 22.2 Å². The Hall–Kier alpha value is -3.34. The Kier molecular flexibility index (Phi) is 7.91. The third-order valence-electron chi connectivity index (χ3n) is 6.70. The molecular weight excluding hydrogens is 492 g/mol. The Morgan fingerprint density at radius 3 is 2.49 bits per heavy atom. The molecule has 0 saturated heterocycles. The van der Waals surface area contributed by atoms with Gasteiger partial charge in [-0.2, -0.15) is 4.31 Å². The van der Waals surface area contributed by atoms with Crippen molar-refractivity contribution in [3.05, 3.63) is 72.2 Å². The van der Waals surface area contributed by atoms with E-state index in [2.05, 4.69) is 9.97 Å². The van der Waals surface area contributed by atoms with Gasteiger partial charge in [-0.25, -0.2) is 13.4 Å². The van der Waals surface area contributed by atoms with Crippen molar-refractivity contribution in [2.45, 2.75) is 37.8 Å². The number of carbonyl (C=O) groups is 1. The van der Waals surface area contributed by atoms with Crippen LogP contribution in [0, 0.1) is 12.8 Å². The fourth-order valence-electron chi connectivity index (χ4n) is 4.26. The van der Waals surface area contributed by atoms with Crippen LogP contribution in [0.25, 0.3) is 11.1 Å². The van der Waals surface area contributed by atoms with Crippen LogP contribution in [0.1, 0.15) is 29.8 Å². The molecule has 0 unspecified atom stereocenters. The summed E-state index contributed by atoms with van der Waals surface area (Å²) in [5.41, 5.74) is 2.79. The smallest absolute Gasteiger partial charge is 0.259 e. The number of nitrogens with zero attached hydrogens (tertiary/aromatic N) is 4. The molecule has 0 saturated carbocycles. The number of ether oxygens (including phenoxy) is 1. The zero-order chi connectivity index (χ0) is 26.7. The lowest BCUT2D eigenvalue weighted by atomic mass is 9.99. The molecule has 3 heterocycles. The molecule has 0 fully saturated rings. The fraction of sp³-hybridized carbons (Fsp3) is 0.370. The number of aromatic nitrogens is 2. The molecule has 1 N–H and O–H groups in total. The molecule has 196 valence electrons. The van der Waals surface area contributed by atoms with Crippen LogP contribution in [0.3, 0.4) is 0 Å². The number of likely N-dealkylation sites (N-methyl/N-ethyl adjacent to an activating group) is 1. The third-order valence-corrected chi connectivity index (χ3v) is 8.54. The van der Waals surface area contributed by atoms with Gasteiger partial charge in [-0.05, 0) is 49.7 Å². The van der Waals surface area contributed by atoms with Crippen molar-refractivity contribution < 1.29 is 23.1 Å². The van der Waals surface area contributed by atoms with Crippen LogP contribution in [0.15, 0.2) is 66.0 Å². The van der Waals surface area contributed by atoms with Gasteiger partial charge < -0.3 is 14.7 Å². The predicted molar refractivity (Wildman–Crippen MR) is 140 cm³/mol. The molecule has 1 aliphatic heterocycles. The minimum Gasteiger partial charge on any atom is -0.472 e. The quantitative estimate of drug-likeness (QED) is 0.506. The molecule has 1 aromatic carbocycles. The number of sulfonamides is 1. The summed E-state index contributed by atoms with van der Waals surface area (Å²) in [7, 11) is -2.24. The maximum atomic E-state index is 13.6. The number of pyridine rings is 2. The lowest BCUT2D eigenvalue weighted by molar-refractivity contribution is 0.0373. The second-order valence-corrected chi connectivity index (χ2v) is 11.6. The largest absolute Gasteiger partial charge is 0.472 e. The Bertz CT molecular complexity index is 1350. The number of aliphatic hydroxyl groups is 1. The molecule has 0 spiro atoms. The van der Waals surface area contributed by atoms with Crippen molar-refractivity contribution >= 4 is 15.9 Å². The van der Waals surface area contributed by atoms with Gasteiger partial charge in [0, 0.05) is 43.7 Å². The molecule has 0 radical (unpaired) electrons. The molecule has 1 amide bonds. The van der Waals surface area contributed by atoms with Gasteiger partial charge in [-0.3, -0.25) is 9.78 Å². The lowest BCUT2D eigenvalue weighted by Gasteiger charge is -2.37. The molecule has 37 heavy (non-hydrogen) atoms. The Morgan fingerprint density at radius 2 is 1.84 bits per heavy atom. The van der Waals surface area contributed by atoms with Crippen LogP contribution < -0.4 is 4.74 Å². The zero-order valence-electron chi connectivity index (χ0n) is 21.4. The van der Waals surface area contributed by atoms with E-state index in [1.54, 1.807) is 60.7 Å². The average molecular weight is 525 g/mol. The molecule has 9 nitrogen and oxygen atoms in total. The molecule has 10 heteroatoms. The first-order chi connectivity index (χ1) is 17.6. The SMILES string of the molecule is Cc1ccc(S(=O)(=O)N(C)C[C@H]2Oc3ncc(-c4ccncc4)cc3C(=O)N([C@H](C)CO)C[C@H]2C)cc1. The first kappa shape index (κ1) is 26.7. The van der Waals surface area contributed by atoms with Gasteiger partial charge in [0.05, 0.1) is 24.1 Å². The normalized spacial score (nSPS) is 19.1. The molecule has 3 aromatic rings. The maximum Gasteiger partial charge on any atom is 0.259 e. The first-order valence-electron chi connectivity index (χ1n) is 12.1. The molecule has 1 aliphatic rings. The van der Waals surface area contributed by atoms with Crippen molar-refractivity contribution in [2.24, 2.45) is 5.92 Å². The van der Waals surface area contributed by atoms with Gasteiger partial charge in [0.15, 0.2) is 0 Å². The number of fused-ring (bicyclic) bond motifs is 1. The summed E-state index contributed by atoms with van der Waals surface area (Å²) >= 11 is 0. The van der Waals surface area contributed by atoms with Crippen LogP contribution in [0.2, 0.25) is 0 Å². The van der Waals surface area contributed by atoms with E-state index in [1.807, 2.05) is 26.0 Å². The van der Waals surface area contributed by atoms with E-state index in [0.29, 0.717) is 0 Å². The predicted octanol–water partition coefficient (Wildman–Crippen LogP) is 2.99. The Morgan fingerprint density at radius 1 is 1.16 bits per heavy atom. The molecular formula is C27H32N4O5S. The number of aliphatic hydroxyl groups excluding tert-OH is 1. The van der Waals surface area contributed by atoms with Gasteiger partial charge in [0.2, 0.25) is 15.9 Å². The monoisotopic (exact) mass is 524 g/mol. The summed E-state index contributed by atoms with van der Waals surface area (Å²) in [5.74, 6) is -0.412. The van der Waals surface area contributed by atoms with E-state index in [0.717, 1.165) is 16.7 Å². The van der Waals surface area contributed by atoms with Crippen molar-refractivity contribution in [1.82, 2.24) is 19.2 Å². The molecule has 3 atom stereocenters. The number of amides is 1. The maximum absolute atomic E-state index is 13.6. The fourth-order valence-corrected chi connectivity index (χ4v) is 5.45. The van der Waals surface area contributed by atoms with Crippen LogP contribution in [0.5, 0.6) is 5.88 Å². The van der Waals surface area contributed by atoms with Gasteiger partial charge >= 0.3 is 0 Å². The topological polar surface area (TPSA) is 113 Å². The third kappa shape index (κ3) is 5.66. The lowest BCUT2D eigenvalue weighted by Crippen LogP contribution is -2.50.